The minimum Gasteiger partial charge on any atom is -0.469 e. The van der Waals surface area contributed by atoms with E-state index in [-0.39, 0.29) is 24.3 Å². The number of piperidine rings is 1. The Labute approximate surface area is 146 Å². The number of benzene rings is 1. The maximum atomic E-state index is 12.5. The Balaban J connectivity index is 1.95. The molecule has 0 aromatic heterocycles. The molecule has 2 rings (SSSR count). The molecule has 126 valence electrons. The molecule has 0 radical (unpaired) electrons. The predicted octanol–water partition coefficient (Wildman–Crippen LogP) is 3.87. The largest absolute Gasteiger partial charge is 0.469 e. The van der Waals surface area contributed by atoms with Gasteiger partial charge in [-0.05, 0) is 43.4 Å². The Morgan fingerprint density at radius 3 is 2.78 bits per heavy atom. The molecule has 1 aliphatic heterocycles. The van der Waals surface area contributed by atoms with Crippen molar-refractivity contribution in [2.75, 3.05) is 13.7 Å². The first kappa shape index (κ1) is 18.1. The fraction of sp³-hybridized carbons (Fsp3) is 0.529. The third-order valence-electron chi connectivity index (χ3n) is 4.20. The second-order valence-corrected chi connectivity index (χ2v) is 6.60. The van der Waals surface area contributed by atoms with Gasteiger partial charge in [-0.25, -0.2) is 0 Å². The number of hydrogen-bond donors (Lipinski definition) is 0. The summed E-state index contributed by atoms with van der Waals surface area (Å²) in [7, 11) is 1.37. The van der Waals surface area contributed by atoms with Gasteiger partial charge in [0, 0.05) is 29.1 Å². The molecular formula is C17H21Cl2NO3. The standard InChI is InChI=1S/C17H21Cl2NO3/c1-23-17(22)11-14-4-2-3-9-20(14)16(21)8-6-12-5-7-13(18)10-15(12)19/h5,7,10,14H,2-4,6,8-9,11H2,1H3. The average Bonchev–Trinajstić information content (AvgIpc) is 2.54. The highest BCUT2D eigenvalue weighted by Gasteiger charge is 2.28. The van der Waals surface area contributed by atoms with Crippen LogP contribution in [0.15, 0.2) is 18.2 Å². The first-order valence-electron chi connectivity index (χ1n) is 7.81. The van der Waals surface area contributed by atoms with Gasteiger partial charge in [-0.15, -0.1) is 0 Å². The van der Waals surface area contributed by atoms with Crippen molar-refractivity contribution in [3.8, 4) is 0 Å². The van der Waals surface area contributed by atoms with Crippen LogP contribution < -0.4 is 0 Å². The van der Waals surface area contributed by atoms with Crippen molar-refractivity contribution in [1.29, 1.82) is 0 Å². The second kappa shape index (κ2) is 8.55. The Hall–Kier alpha value is -1.26. The van der Waals surface area contributed by atoms with Crippen LogP contribution in [0.1, 0.15) is 37.7 Å². The number of likely N-dealkylation sites (tertiary alicyclic amines) is 1. The van der Waals surface area contributed by atoms with Crippen LogP contribution in [0.4, 0.5) is 0 Å². The highest BCUT2D eigenvalue weighted by Crippen LogP contribution is 2.24. The van der Waals surface area contributed by atoms with Crippen molar-refractivity contribution in [2.24, 2.45) is 0 Å². The number of aryl methyl sites for hydroxylation is 1. The van der Waals surface area contributed by atoms with Crippen LogP contribution in [0.2, 0.25) is 10.0 Å². The number of amides is 1. The molecule has 0 saturated carbocycles. The Morgan fingerprint density at radius 2 is 2.09 bits per heavy atom. The summed E-state index contributed by atoms with van der Waals surface area (Å²) in [6.07, 6.45) is 4.07. The molecule has 4 nitrogen and oxygen atoms in total. The van der Waals surface area contributed by atoms with E-state index >= 15 is 0 Å². The van der Waals surface area contributed by atoms with E-state index in [0.29, 0.717) is 29.4 Å². The zero-order chi connectivity index (χ0) is 16.8. The monoisotopic (exact) mass is 357 g/mol. The van der Waals surface area contributed by atoms with Gasteiger partial charge in [0.25, 0.3) is 0 Å². The number of ether oxygens (including phenoxy) is 1. The van der Waals surface area contributed by atoms with Crippen molar-refractivity contribution in [3.05, 3.63) is 33.8 Å². The SMILES string of the molecule is COC(=O)CC1CCCCN1C(=O)CCc1ccc(Cl)cc1Cl. The summed E-state index contributed by atoms with van der Waals surface area (Å²) in [5.74, 6) is -0.208. The van der Waals surface area contributed by atoms with Crippen LogP contribution in [-0.4, -0.2) is 36.5 Å². The molecule has 1 amide bonds. The maximum Gasteiger partial charge on any atom is 0.307 e. The van der Waals surface area contributed by atoms with Gasteiger partial charge < -0.3 is 9.64 Å². The number of carbonyl (C=O) groups excluding carboxylic acids is 2. The lowest BCUT2D eigenvalue weighted by molar-refractivity contribution is -0.144. The van der Waals surface area contributed by atoms with Crippen molar-refractivity contribution < 1.29 is 14.3 Å². The predicted molar refractivity (Wildman–Crippen MR) is 90.8 cm³/mol. The first-order chi connectivity index (χ1) is 11.0. The normalized spacial score (nSPS) is 17.9. The van der Waals surface area contributed by atoms with E-state index in [1.54, 1.807) is 12.1 Å². The minimum absolute atomic E-state index is 0.0515. The van der Waals surface area contributed by atoms with Gasteiger partial charge in [0.05, 0.1) is 13.5 Å². The summed E-state index contributed by atoms with van der Waals surface area (Å²) in [5.41, 5.74) is 0.908. The fourth-order valence-electron chi connectivity index (χ4n) is 2.93. The Morgan fingerprint density at radius 1 is 1.30 bits per heavy atom. The highest BCUT2D eigenvalue weighted by atomic mass is 35.5. The van der Waals surface area contributed by atoms with Gasteiger partial charge in [0.2, 0.25) is 5.91 Å². The summed E-state index contributed by atoms with van der Waals surface area (Å²) < 4.78 is 4.73. The van der Waals surface area contributed by atoms with Crippen LogP contribution in [0.3, 0.4) is 0 Å². The third kappa shape index (κ3) is 5.11. The Bertz CT molecular complexity index is 577. The molecule has 0 N–H and O–H groups in total. The molecule has 1 saturated heterocycles. The van der Waals surface area contributed by atoms with Crippen LogP contribution in [0.5, 0.6) is 0 Å². The van der Waals surface area contributed by atoms with E-state index in [1.165, 1.54) is 7.11 Å². The number of methoxy groups -OCH3 is 1. The van der Waals surface area contributed by atoms with Crippen LogP contribution >= 0.6 is 23.2 Å². The Kier molecular flexibility index (Phi) is 6.72. The van der Waals surface area contributed by atoms with Crippen LogP contribution in [0, 0.1) is 0 Å². The van der Waals surface area contributed by atoms with Crippen molar-refractivity contribution in [2.45, 2.75) is 44.6 Å². The molecule has 1 aromatic rings. The molecule has 1 unspecified atom stereocenters. The number of rotatable bonds is 5. The zero-order valence-electron chi connectivity index (χ0n) is 13.2. The number of hydrogen-bond acceptors (Lipinski definition) is 3. The molecule has 1 aromatic carbocycles. The second-order valence-electron chi connectivity index (χ2n) is 5.75. The van der Waals surface area contributed by atoms with E-state index < -0.39 is 0 Å². The summed E-state index contributed by atoms with van der Waals surface area (Å²) in [6.45, 7) is 0.703. The molecular weight excluding hydrogens is 337 g/mol. The molecule has 1 aliphatic rings. The topological polar surface area (TPSA) is 46.6 Å². The lowest BCUT2D eigenvalue weighted by Crippen LogP contribution is -2.45. The van der Waals surface area contributed by atoms with E-state index in [4.69, 9.17) is 27.9 Å². The molecule has 0 bridgehead atoms. The van der Waals surface area contributed by atoms with Crippen molar-refractivity contribution in [3.63, 3.8) is 0 Å². The van der Waals surface area contributed by atoms with E-state index in [9.17, 15) is 9.59 Å². The summed E-state index contributed by atoms with van der Waals surface area (Å²) in [5, 5.41) is 1.16. The highest BCUT2D eigenvalue weighted by molar-refractivity contribution is 6.35. The van der Waals surface area contributed by atoms with Crippen molar-refractivity contribution in [1.82, 2.24) is 4.90 Å². The van der Waals surface area contributed by atoms with Crippen LogP contribution in [0.25, 0.3) is 0 Å². The quantitative estimate of drug-likeness (QED) is 0.751. The molecule has 1 fully saturated rings. The third-order valence-corrected chi connectivity index (χ3v) is 4.79. The molecule has 1 atom stereocenters. The molecule has 6 heteroatoms. The van der Waals surface area contributed by atoms with E-state index in [2.05, 4.69) is 0 Å². The van der Waals surface area contributed by atoms with Gasteiger partial charge in [0.1, 0.15) is 0 Å². The smallest absolute Gasteiger partial charge is 0.307 e. The minimum atomic E-state index is -0.268. The number of esters is 1. The lowest BCUT2D eigenvalue weighted by atomic mass is 9.98. The van der Waals surface area contributed by atoms with Crippen molar-refractivity contribution >= 4 is 35.1 Å². The van der Waals surface area contributed by atoms with Crippen LogP contribution in [-0.2, 0) is 20.7 Å². The lowest BCUT2D eigenvalue weighted by Gasteiger charge is -2.35. The molecule has 1 heterocycles. The first-order valence-corrected chi connectivity index (χ1v) is 8.57. The van der Waals surface area contributed by atoms with Gasteiger partial charge in [-0.3, -0.25) is 9.59 Å². The molecule has 0 aliphatic carbocycles. The number of halogens is 2. The van der Waals surface area contributed by atoms with Gasteiger partial charge >= 0.3 is 5.97 Å². The number of nitrogens with zero attached hydrogens (tertiary/aromatic N) is 1. The maximum absolute atomic E-state index is 12.5. The van der Waals surface area contributed by atoms with E-state index in [0.717, 1.165) is 24.8 Å². The fourth-order valence-corrected chi connectivity index (χ4v) is 3.43. The number of carbonyl (C=O) groups is 2. The zero-order valence-corrected chi connectivity index (χ0v) is 14.7. The van der Waals surface area contributed by atoms with E-state index in [1.807, 2.05) is 11.0 Å². The summed E-state index contributed by atoms with van der Waals surface area (Å²) in [4.78, 5) is 25.9. The van der Waals surface area contributed by atoms with Gasteiger partial charge in [0.15, 0.2) is 0 Å². The average molecular weight is 358 g/mol. The summed E-state index contributed by atoms with van der Waals surface area (Å²) >= 11 is 12.0. The van der Waals surface area contributed by atoms with Gasteiger partial charge in [-0.1, -0.05) is 29.3 Å². The molecule has 23 heavy (non-hydrogen) atoms. The summed E-state index contributed by atoms with van der Waals surface area (Å²) in [6, 6.07) is 5.25. The molecule has 0 spiro atoms. The van der Waals surface area contributed by atoms with Gasteiger partial charge in [-0.2, -0.15) is 0 Å².